The van der Waals surface area contributed by atoms with Gasteiger partial charge in [-0.1, -0.05) is 6.07 Å². The predicted octanol–water partition coefficient (Wildman–Crippen LogP) is 2.06. The molecule has 0 bridgehead atoms. The number of H-pyrrole nitrogens is 1. The second-order valence-corrected chi connectivity index (χ2v) is 4.60. The van der Waals surface area contributed by atoms with Gasteiger partial charge in [0.1, 0.15) is 0 Å². The minimum absolute atomic E-state index is 0.0182. The number of hydrogen-bond acceptors (Lipinski definition) is 2. The lowest BCUT2D eigenvalue weighted by atomic mass is 10.1. The smallest absolute Gasteiger partial charge is 0.309 e. The fourth-order valence-corrected chi connectivity index (χ4v) is 2.34. The monoisotopic (exact) mass is 243 g/mol. The normalized spacial score (nSPS) is 11.4. The van der Waals surface area contributed by atoms with E-state index >= 15 is 0 Å². The highest BCUT2D eigenvalue weighted by Crippen LogP contribution is 2.22. The number of benzene rings is 1. The summed E-state index contributed by atoms with van der Waals surface area (Å²) in [5.41, 5.74) is 4.92. The molecule has 18 heavy (non-hydrogen) atoms. The van der Waals surface area contributed by atoms with E-state index in [1.807, 2.05) is 18.2 Å². The minimum Gasteiger partial charge on any atom is -0.481 e. The number of hydrogen-bond donors (Lipinski definition) is 2. The van der Waals surface area contributed by atoms with E-state index in [1.54, 1.807) is 6.20 Å². The van der Waals surface area contributed by atoms with Gasteiger partial charge < -0.3 is 10.1 Å². The molecule has 0 unspecified atom stereocenters. The highest BCUT2D eigenvalue weighted by atomic mass is 16.4. The van der Waals surface area contributed by atoms with Crippen LogP contribution in [-0.2, 0) is 11.2 Å². The van der Waals surface area contributed by atoms with Crippen molar-refractivity contribution < 1.29 is 9.90 Å². The standard InChI is InChI=1S/C13H13N3O2/c1-7-3-8(2)12-10(4-7)16-6-9(5-11(17)18)14-13(16)15-12/h3-4,6H,5H2,1-2H3,(H,14,15)(H,17,18). The maximum atomic E-state index is 10.7. The average Bonchev–Trinajstić information content (AvgIpc) is 2.75. The summed E-state index contributed by atoms with van der Waals surface area (Å²) >= 11 is 0. The fourth-order valence-electron chi connectivity index (χ4n) is 2.34. The molecule has 0 fully saturated rings. The second kappa shape index (κ2) is 3.60. The molecule has 5 nitrogen and oxygen atoms in total. The molecule has 1 aromatic carbocycles. The summed E-state index contributed by atoms with van der Waals surface area (Å²) in [6.07, 6.45) is 1.79. The zero-order valence-corrected chi connectivity index (χ0v) is 10.2. The second-order valence-electron chi connectivity index (χ2n) is 4.60. The van der Waals surface area contributed by atoms with Crippen molar-refractivity contribution in [1.82, 2.24) is 14.4 Å². The van der Waals surface area contributed by atoms with Crippen molar-refractivity contribution in [3.63, 3.8) is 0 Å². The topological polar surface area (TPSA) is 70.4 Å². The SMILES string of the molecule is Cc1cc(C)c2nc3[nH]c(CC(=O)O)cn3c2c1. The van der Waals surface area contributed by atoms with Crippen molar-refractivity contribution in [2.75, 3.05) is 0 Å². The number of carboxylic acid groups (broad SMARTS) is 1. The molecule has 2 N–H and O–H groups in total. The number of nitrogens with zero attached hydrogens (tertiary/aromatic N) is 2. The van der Waals surface area contributed by atoms with E-state index in [0.717, 1.165) is 16.6 Å². The molecule has 0 saturated carbocycles. The number of fused-ring (bicyclic) bond motifs is 3. The summed E-state index contributed by atoms with van der Waals surface area (Å²) in [7, 11) is 0. The Morgan fingerprint density at radius 3 is 2.94 bits per heavy atom. The number of nitrogens with one attached hydrogen (secondary N) is 1. The predicted molar refractivity (Wildman–Crippen MR) is 67.9 cm³/mol. The van der Waals surface area contributed by atoms with Gasteiger partial charge in [0.2, 0.25) is 5.78 Å². The van der Waals surface area contributed by atoms with E-state index in [4.69, 9.17) is 5.11 Å². The Morgan fingerprint density at radius 1 is 1.44 bits per heavy atom. The Balaban J connectivity index is 2.27. The van der Waals surface area contributed by atoms with Gasteiger partial charge in [-0.2, -0.15) is 0 Å². The summed E-state index contributed by atoms with van der Waals surface area (Å²) < 4.78 is 1.91. The molecule has 0 radical (unpaired) electrons. The number of imidazole rings is 2. The fraction of sp³-hybridized carbons (Fsp3) is 0.231. The molecule has 92 valence electrons. The minimum atomic E-state index is -0.851. The van der Waals surface area contributed by atoms with Gasteiger partial charge in [0.05, 0.1) is 17.5 Å². The van der Waals surface area contributed by atoms with Crippen LogP contribution < -0.4 is 0 Å². The lowest BCUT2D eigenvalue weighted by Crippen LogP contribution is -1.99. The van der Waals surface area contributed by atoms with Crippen molar-refractivity contribution in [3.8, 4) is 0 Å². The van der Waals surface area contributed by atoms with Gasteiger partial charge in [-0.05, 0) is 31.0 Å². The van der Waals surface area contributed by atoms with Crippen molar-refractivity contribution in [1.29, 1.82) is 0 Å². The van der Waals surface area contributed by atoms with E-state index in [0.29, 0.717) is 11.5 Å². The maximum Gasteiger partial charge on any atom is 0.309 e. The van der Waals surface area contributed by atoms with Crippen molar-refractivity contribution in [3.05, 3.63) is 35.2 Å². The third kappa shape index (κ3) is 1.55. The first kappa shape index (κ1) is 10.8. The molecule has 5 heteroatoms. The van der Waals surface area contributed by atoms with Gasteiger partial charge in [-0.25, -0.2) is 4.98 Å². The van der Waals surface area contributed by atoms with Crippen molar-refractivity contribution in [2.24, 2.45) is 0 Å². The molecule has 0 aliphatic carbocycles. The van der Waals surface area contributed by atoms with Crippen LogP contribution in [-0.4, -0.2) is 25.4 Å². The molecular weight excluding hydrogens is 230 g/mol. The first-order chi connectivity index (χ1) is 8.54. The lowest BCUT2D eigenvalue weighted by molar-refractivity contribution is -0.136. The van der Waals surface area contributed by atoms with Crippen LogP contribution in [0.2, 0.25) is 0 Å². The van der Waals surface area contributed by atoms with Crippen molar-refractivity contribution in [2.45, 2.75) is 20.3 Å². The quantitative estimate of drug-likeness (QED) is 0.723. The molecule has 0 aliphatic heterocycles. The summed E-state index contributed by atoms with van der Waals surface area (Å²) in [4.78, 5) is 18.2. The highest BCUT2D eigenvalue weighted by Gasteiger charge is 2.11. The Labute approximate surface area is 103 Å². The van der Waals surface area contributed by atoms with Gasteiger partial charge in [0.15, 0.2) is 0 Å². The highest BCUT2D eigenvalue weighted by molar-refractivity contribution is 5.83. The first-order valence-electron chi connectivity index (χ1n) is 5.73. The molecule has 0 amide bonds. The van der Waals surface area contributed by atoms with E-state index < -0.39 is 5.97 Å². The van der Waals surface area contributed by atoms with E-state index in [1.165, 1.54) is 5.56 Å². The van der Waals surface area contributed by atoms with Crippen molar-refractivity contribution >= 4 is 22.8 Å². The Bertz CT molecular complexity index is 767. The summed E-state index contributed by atoms with van der Waals surface area (Å²) in [5.74, 6) is -0.161. The molecule has 0 atom stereocenters. The average molecular weight is 243 g/mol. The third-order valence-corrected chi connectivity index (χ3v) is 3.03. The number of aromatic nitrogens is 3. The molecule has 0 saturated heterocycles. The zero-order chi connectivity index (χ0) is 12.9. The molecule has 3 aromatic rings. The molecule has 0 spiro atoms. The van der Waals surface area contributed by atoms with Gasteiger partial charge in [0, 0.05) is 11.9 Å². The molecule has 0 aliphatic rings. The van der Waals surface area contributed by atoms with E-state index in [2.05, 4.69) is 22.1 Å². The van der Waals surface area contributed by atoms with E-state index in [-0.39, 0.29) is 6.42 Å². The third-order valence-electron chi connectivity index (χ3n) is 3.03. The number of carboxylic acids is 1. The van der Waals surface area contributed by atoms with Crippen LogP contribution in [0.1, 0.15) is 16.8 Å². The Kier molecular flexibility index (Phi) is 2.16. The van der Waals surface area contributed by atoms with Crippen LogP contribution in [0.5, 0.6) is 0 Å². The Hall–Kier alpha value is -2.30. The van der Waals surface area contributed by atoms with Crippen LogP contribution in [0, 0.1) is 13.8 Å². The lowest BCUT2D eigenvalue weighted by Gasteiger charge is -1.98. The Morgan fingerprint density at radius 2 is 2.22 bits per heavy atom. The van der Waals surface area contributed by atoms with Crippen LogP contribution in [0.15, 0.2) is 18.3 Å². The number of rotatable bonds is 2. The largest absolute Gasteiger partial charge is 0.481 e. The molecule has 2 heterocycles. The van der Waals surface area contributed by atoms with Crippen LogP contribution >= 0.6 is 0 Å². The summed E-state index contributed by atoms with van der Waals surface area (Å²) in [5, 5.41) is 8.78. The van der Waals surface area contributed by atoms with Gasteiger partial charge in [-0.3, -0.25) is 9.20 Å². The maximum absolute atomic E-state index is 10.7. The molecule has 3 rings (SSSR count). The summed E-state index contributed by atoms with van der Waals surface area (Å²) in [6, 6.07) is 4.15. The van der Waals surface area contributed by atoms with Crippen LogP contribution in [0.25, 0.3) is 16.8 Å². The van der Waals surface area contributed by atoms with Gasteiger partial charge >= 0.3 is 5.97 Å². The van der Waals surface area contributed by atoms with Crippen LogP contribution in [0.3, 0.4) is 0 Å². The molecular formula is C13H13N3O2. The number of aliphatic carboxylic acids is 1. The first-order valence-corrected chi connectivity index (χ1v) is 5.73. The number of aromatic amines is 1. The van der Waals surface area contributed by atoms with Crippen LogP contribution in [0.4, 0.5) is 0 Å². The molecule has 2 aromatic heterocycles. The van der Waals surface area contributed by atoms with E-state index in [9.17, 15) is 4.79 Å². The summed E-state index contributed by atoms with van der Waals surface area (Å²) in [6.45, 7) is 4.07. The number of aryl methyl sites for hydroxylation is 2. The zero-order valence-electron chi connectivity index (χ0n) is 10.2. The number of carbonyl (C=O) groups is 1. The van der Waals surface area contributed by atoms with Gasteiger partial charge in [-0.15, -0.1) is 0 Å². The van der Waals surface area contributed by atoms with Gasteiger partial charge in [0.25, 0.3) is 0 Å².